The van der Waals surface area contributed by atoms with Crippen molar-refractivity contribution in [1.29, 1.82) is 0 Å². The molecule has 0 aliphatic heterocycles. The molecule has 0 aliphatic rings. The van der Waals surface area contributed by atoms with Crippen LogP contribution in [-0.4, -0.2) is 19.1 Å². The summed E-state index contributed by atoms with van der Waals surface area (Å²) >= 11 is 0. The third kappa shape index (κ3) is 3.60. The minimum atomic E-state index is -3.02. The molecule has 4 nitrogen and oxygen atoms in total. The Bertz CT molecular complexity index is 456. The number of para-hydroxylation sites is 1. The fraction of sp³-hybridized carbons (Fsp3) is 0. The topological polar surface area (TPSA) is 58.9 Å². The van der Waals surface area contributed by atoms with E-state index in [1.54, 1.807) is 24.3 Å². The zero-order chi connectivity index (χ0) is 12.1. The molecule has 0 bridgehead atoms. The van der Waals surface area contributed by atoms with Crippen molar-refractivity contribution in [1.82, 2.24) is 0 Å². The van der Waals surface area contributed by atoms with Gasteiger partial charge in [-0.3, -0.25) is 0 Å². The molecule has 17 heavy (non-hydrogen) atoms. The lowest BCUT2D eigenvalue weighted by molar-refractivity contribution is 0.288. The molecule has 0 aliphatic carbocycles. The molecule has 0 saturated heterocycles. The summed E-state index contributed by atoms with van der Waals surface area (Å²) in [6.07, 6.45) is 0. The van der Waals surface area contributed by atoms with Gasteiger partial charge in [-0.15, -0.1) is 0 Å². The highest BCUT2D eigenvalue weighted by molar-refractivity contribution is 6.33. The van der Waals surface area contributed by atoms with E-state index < -0.39 is 9.53 Å². The molecule has 0 atom stereocenters. The van der Waals surface area contributed by atoms with Crippen LogP contribution in [0, 0.1) is 0 Å². The van der Waals surface area contributed by atoms with E-state index >= 15 is 0 Å². The predicted molar refractivity (Wildman–Crippen MR) is 65.2 cm³/mol. The molecule has 2 N–H and O–H groups in total. The maximum Gasteiger partial charge on any atom is 0.544 e. The average molecular weight is 248 g/mol. The Labute approximate surface area is 101 Å². The maximum atomic E-state index is 8.75. The van der Waals surface area contributed by atoms with E-state index in [9.17, 15) is 0 Å². The molecule has 5 heteroatoms. The van der Waals surface area contributed by atoms with Crippen LogP contribution < -0.4 is 9.16 Å². The van der Waals surface area contributed by atoms with E-state index in [1.807, 2.05) is 30.3 Å². The first kappa shape index (κ1) is 11.7. The van der Waals surface area contributed by atoms with Crippen molar-refractivity contribution in [3.63, 3.8) is 0 Å². The minimum Gasteiger partial charge on any atom is -0.503 e. The summed E-state index contributed by atoms with van der Waals surface area (Å²) in [4.78, 5) is 17.5. The summed E-state index contributed by atoms with van der Waals surface area (Å²) in [6, 6.07) is 16.1. The molecule has 0 fully saturated rings. The molecule has 0 saturated carbocycles. The SMILES string of the molecule is O[SiH](O)Oc1ccc(Oc2ccccc2)cc1. The molecule has 0 heterocycles. The summed E-state index contributed by atoms with van der Waals surface area (Å²) in [5, 5.41) is 0. The molecule has 0 amide bonds. The van der Waals surface area contributed by atoms with Gasteiger partial charge in [0, 0.05) is 0 Å². The molecular formula is C12H12O4Si. The Morgan fingerprint density at radius 1 is 0.706 bits per heavy atom. The lowest BCUT2D eigenvalue weighted by Gasteiger charge is -2.08. The second-order valence-electron chi connectivity index (χ2n) is 3.33. The fourth-order valence-corrected chi connectivity index (χ4v) is 1.73. The van der Waals surface area contributed by atoms with E-state index in [-0.39, 0.29) is 0 Å². The van der Waals surface area contributed by atoms with Crippen LogP contribution in [0.1, 0.15) is 0 Å². The fourth-order valence-electron chi connectivity index (χ4n) is 1.33. The molecule has 0 unspecified atom stereocenters. The van der Waals surface area contributed by atoms with Crippen molar-refractivity contribution < 1.29 is 18.8 Å². The second-order valence-corrected chi connectivity index (χ2v) is 4.22. The van der Waals surface area contributed by atoms with Gasteiger partial charge in [0.05, 0.1) is 0 Å². The van der Waals surface area contributed by atoms with E-state index in [0.29, 0.717) is 11.5 Å². The van der Waals surface area contributed by atoms with Gasteiger partial charge >= 0.3 is 9.53 Å². The zero-order valence-corrected chi connectivity index (χ0v) is 10.1. The summed E-state index contributed by atoms with van der Waals surface area (Å²) in [6.45, 7) is 0. The van der Waals surface area contributed by atoms with Crippen LogP contribution >= 0.6 is 0 Å². The van der Waals surface area contributed by atoms with Gasteiger partial charge in [0.1, 0.15) is 17.2 Å². The highest BCUT2D eigenvalue weighted by atomic mass is 28.3. The van der Waals surface area contributed by atoms with E-state index in [1.165, 1.54) is 0 Å². The first-order chi connectivity index (χ1) is 8.24. The lowest BCUT2D eigenvalue weighted by Crippen LogP contribution is -2.20. The van der Waals surface area contributed by atoms with E-state index in [2.05, 4.69) is 0 Å². The van der Waals surface area contributed by atoms with Gasteiger partial charge in [0.25, 0.3) is 0 Å². The lowest BCUT2D eigenvalue weighted by atomic mass is 10.3. The zero-order valence-electron chi connectivity index (χ0n) is 8.98. The summed E-state index contributed by atoms with van der Waals surface area (Å²) < 4.78 is 10.4. The molecule has 88 valence electrons. The van der Waals surface area contributed by atoms with Crippen LogP contribution in [-0.2, 0) is 0 Å². The molecule has 2 aromatic rings. The van der Waals surface area contributed by atoms with Crippen LogP contribution in [0.15, 0.2) is 54.6 Å². The summed E-state index contributed by atoms with van der Waals surface area (Å²) in [5.74, 6) is 1.84. The molecule has 0 radical (unpaired) electrons. The van der Waals surface area contributed by atoms with Crippen molar-refractivity contribution in [2.45, 2.75) is 0 Å². The number of hydrogen-bond donors (Lipinski definition) is 2. The van der Waals surface area contributed by atoms with Crippen molar-refractivity contribution in [2.75, 3.05) is 0 Å². The van der Waals surface area contributed by atoms with E-state index in [4.69, 9.17) is 18.8 Å². The first-order valence-corrected chi connectivity index (χ1v) is 6.60. The second kappa shape index (κ2) is 5.49. The number of rotatable bonds is 4. The largest absolute Gasteiger partial charge is 0.544 e. The maximum absolute atomic E-state index is 8.75. The van der Waals surface area contributed by atoms with Crippen LogP contribution in [0.2, 0.25) is 0 Å². The van der Waals surface area contributed by atoms with Crippen molar-refractivity contribution in [2.24, 2.45) is 0 Å². The predicted octanol–water partition coefficient (Wildman–Crippen LogP) is 1.56. The minimum absolute atomic E-state index is 0.423. The van der Waals surface area contributed by atoms with Gasteiger partial charge in [-0.25, -0.2) is 0 Å². The summed E-state index contributed by atoms with van der Waals surface area (Å²) in [5.41, 5.74) is 0. The third-order valence-electron chi connectivity index (χ3n) is 2.04. The molecule has 0 spiro atoms. The van der Waals surface area contributed by atoms with Crippen molar-refractivity contribution in [3.05, 3.63) is 54.6 Å². The smallest absolute Gasteiger partial charge is 0.503 e. The Morgan fingerprint density at radius 2 is 1.24 bits per heavy atom. The third-order valence-corrected chi connectivity index (χ3v) is 2.53. The summed E-state index contributed by atoms with van der Waals surface area (Å²) in [7, 11) is -3.02. The van der Waals surface area contributed by atoms with E-state index in [0.717, 1.165) is 5.75 Å². The van der Waals surface area contributed by atoms with Crippen LogP contribution in [0.4, 0.5) is 0 Å². The first-order valence-electron chi connectivity index (χ1n) is 5.10. The van der Waals surface area contributed by atoms with Gasteiger partial charge in [-0.1, -0.05) is 18.2 Å². The van der Waals surface area contributed by atoms with Gasteiger partial charge in [-0.2, -0.15) is 0 Å². The standard InChI is InChI=1S/C12H12O4Si/c13-17(14)16-12-8-6-11(7-9-12)15-10-4-2-1-3-5-10/h1-9,13-14,17H. The highest BCUT2D eigenvalue weighted by Gasteiger charge is 2.04. The Morgan fingerprint density at radius 3 is 1.82 bits per heavy atom. The Hall–Kier alpha value is -1.82. The Kier molecular flexibility index (Phi) is 3.76. The molecule has 2 aromatic carbocycles. The monoisotopic (exact) mass is 248 g/mol. The number of ether oxygens (including phenoxy) is 1. The van der Waals surface area contributed by atoms with Crippen LogP contribution in [0.5, 0.6) is 17.2 Å². The molecule has 0 aromatic heterocycles. The van der Waals surface area contributed by atoms with Gasteiger partial charge in [0.2, 0.25) is 0 Å². The van der Waals surface area contributed by atoms with Crippen LogP contribution in [0.25, 0.3) is 0 Å². The van der Waals surface area contributed by atoms with Crippen LogP contribution in [0.3, 0.4) is 0 Å². The van der Waals surface area contributed by atoms with Crippen molar-refractivity contribution in [3.8, 4) is 17.2 Å². The highest BCUT2D eigenvalue weighted by Crippen LogP contribution is 2.23. The van der Waals surface area contributed by atoms with Gasteiger partial charge in [-0.05, 0) is 36.4 Å². The Balaban J connectivity index is 2.03. The molecular weight excluding hydrogens is 236 g/mol. The van der Waals surface area contributed by atoms with Crippen molar-refractivity contribution >= 4 is 9.53 Å². The van der Waals surface area contributed by atoms with Gasteiger partial charge in [0.15, 0.2) is 0 Å². The quantitative estimate of drug-likeness (QED) is 0.806. The number of hydrogen-bond acceptors (Lipinski definition) is 4. The average Bonchev–Trinajstić information content (AvgIpc) is 2.32. The number of benzene rings is 2. The van der Waals surface area contributed by atoms with Gasteiger partial charge < -0.3 is 18.8 Å². The normalized spacial score (nSPS) is 10.3. The molecule has 2 rings (SSSR count).